The van der Waals surface area contributed by atoms with Crippen molar-refractivity contribution >= 4 is 9.84 Å². The molecule has 0 bridgehead atoms. The smallest absolute Gasteiger partial charge is 0.208 e. The fourth-order valence-corrected chi connectivity index (χ4v) is 2.25. The van der Waals surface area contributed by atoms with Gasteiger partial charge in [-0.3, -0.25) is 0 Å². The third-order valence-electron chi connectivity index (χ3n) is 2.65. The summed E-state index contributed by atoms with van der Waals surface area (Å²) in [6.45, 7) is 3.44. The van der Waals surface area contributed by atoms with Crippen LogP contribution in [0.1, 0.15) is 12.8 Å². The maximum atomic E-state index is 11.4. The van der Waals surface area contributed by atoms with E-state index in [1.807, 2.05) is 6.92 Å². The summed E-state index contributed by atoms with van der Waals surface area (Å²) >= 11 is 0. The molecule has 0 unspecified atom stereocenters. The molecule has 2 rings (SSSR count). The minimum absolute atomic E-state index is 0.295. The number of hydrogen-bond acceptors (Lipinski definition) is 5. The molecule has 1 aromatic carbocycles. The molecule has 1 N–H and O–H groups in total. The predicted molar refractivity (Wildman–Crippen MR) is 72.4 cm³/mol. The van der Waals surface area contributed by atoms with Gasteiger partial charge in [0, 0.05) is 11.8 Å². The highest BCUT2D eigenvalue weighted by Crippen LogP contribution is 2.22. The molecule has 0 saturated carbocycles. The summed E-state index contributed by atoms with van der Waals surface area (Å²) < 4.78 is 28.3. The van der Waals surface area contributed by atoms with Gasteiger partial charge in [-0.15, -0.1) is 0 Å². The van der Waals surface area contributed by atoms with Gasteiger partial charge in [0.05, 0.1) is 17.6 Å². The molecule has 0 spiro atoms. The second-order valence-corrected chi connectivity index (χ2v) is 6.21. The van der Waals surface area contributed by atoms with Crippen molar-refractivity contribution in [1.29, 1.82) is 0 Å². The highest BCUT2D eigenvalue weighted by Gasteiger charge is 2.09. The number of rotatable bonds is 5. The zero-order chi connectivity index (χ0) is 13.9. The van der Waals surface area contributed by atoms with Crippen molar-refractivity contribution in [3.05, 3.63) is 36.4 Å². The summed E-state index contributed by atoms with van der Waals surface area (Å²) in [5.41, 5.74) is 0.808. The summed E-state index contributed by atoms with van der Waals surface area (Å²) in [7, 11) is -3.16. The van der Waals surface area contributed by atoms with Gasteiger partial charge in [0.1, 0.15) is 0 Å². The Morgan fingerprint density at radius 2 is 1.95 bits per heavy atom. The molecule has 102 valence electrons. The molecule has 0 aliphatic heterocycles. The van der Waals surface area contributed by atoms with Gasteiger partial charge >= 0.3 is 0 Å². The van der Waals surface area contributed by atoms with E-state index in [1.165, 1.54) is 6.26 Å². The molecule has 2 aromatic rings. The summed E-state index contributed by atoms with van der Waals surface area (Å²) in [4.78, 5) is 4.45. The second kappa shape index (κ2) is 5.54. The first kappa shape index (κ1) is 13.8. The molecule has 0 amide bonds. The molecule has 1 heterocycles. The predicted octanol–water partition coefficient (Wildman–Crippen LogP) is 1.85. The molecule has 6 heteroatoms. The fraction of sp³-hybridized carbons (Fsp3) is 0.308. The van der Waals surface area contributed by atoms with Gasteiger partial charge in [-0.1, -0.05) is 6.92 Å². The van der Waals surface area contributed by atoms with E-state index >= 15 is 0 Å². The molecule has 0 radical (unpaired) electrons. The van der Waals surface area contributed by atoms with Crippen LogP contribution in [0.25, 0.3) is 11.3 Å². The van der Waals surface area contributed by atoms with E-state index in [4.69, 9.17) is 4.42 Å². The number of sulfone groups is 1. The third-order valence-corrected chi connectivity index (χ3v) is 3.78. The number of aromatic nitrogens is 1. The van der Waals surface area contributed by atoms with E-state index in [9.17, 15) is 8.42 Å². The Balaban J connectivity index is 2.20. The molecule has 0 aliphatic carbocycles. The van der Waals surface area contributed by atoms with Gasteiger partial charge < -0.3 is 9.73 Å². The minimum Gasteiger partial charge on any atom is -0.439 e. The van der Waals surface area contributed by atoms with Crippen molar-refractivity contribution in [3.8, 4) is 11.3 Å². The van der Waals surface area contributed by atoms with Crippen LogP contribution in [-0.4, -0.2) is 26.2 Å². The van der Waals surface area contributed by atoms with E-state index in [2.05, 4.69) is 10.3 Å². The molecule has 0 atom stereocenters. The van der Waals surface area contributed by atoms with Crippen LogP contribution in [0.15, 0.2) is 39.8 Å². The number of hydrogen-bond donors (Lipinski definition) is 1. The summed E-state index contributed by atoms with van der Waals surface area (Å²) in [5, 5.41) is 3.12. The van der Waals surface area contributed by atoms with Crippen molar-refractivity contribution in [2.24, 2.45) is 0 Å². The zero-order valence-corrected chi connectivity index (χ0v) is 11.7. The van der Waals surface area contributed by atoms with Crippen LogP contribution in [-0.2, 0) is 16.4 Å². The van der Waals surface area contributed by atoms with Gasteiger partial charge in [-0.05, 0) is 30.8 Å². The van der Waals surface area contributed by atoms with Gasteiger partial charge in [0.2, 0.25) is 5.89 Å². The van der Waals surface area contributed by atoms with Gasteiger partial charge in [-0.25, -0.2) is 13.4 Å². The van der Waals surface area contributed by atoms with Gasteiger partial charge in [0.15, 0.2) is 15.6 Å². The standard InChI is InChI=1S/C13H16N2O3S/c1-3-14-9-13-15-8-12(18-13)10-4-6-11(7-5-10)19(2,16)17/h4-8,14H,3,9H2,1-2H3. The zero-order valence-electron chi connectivity index (χ0n) is 10.9. The first-order valence-electron chi connectivity index (χ1n) is 5.96. The summed E-state index contributed by atoms with van der Waals surface area (Å²) in [5.74, 6) is 1.25. The lowest BCUT2D eigenvalue weighted by Crippen LogP contribution is -2.11. The van der Waals surface area contributed by atoms with Crippen LogP contribution in [0.5, 0.6) is 0 Å². The first-order chi connectivity index (χ1) is 9.00. The maximum absolute atomic E-state index is 11.4. The highest BCUT2D eigenvalue weighted by molar-refractivity contribution is 7.90. The van der Waals surface area contributed by atoms with Crippen LogP contribution in [0.4, 0.5) is 0 Å². The van der Waals surface area contributed by atoms with Crippen molar-refractivity contribution in [2.75, 3.05) is 12.8 Å². The number of nitrogens with zero attached hydrogens (tertiary/aromatic N) is 1. The second-order valence-electron chi connectivity index (χ2n) is 4.20. The van der Waals surface area contributed by atoms with E-state index < -0.39 is 9.84 Å². The molecule has 1 aromatic heterocycles. The normalized spacial score (nSPS) is 11.7. The van der Waals surface area contributed by atoms with E-state index in [-0.39, 0.29) is 0 Å². The van der Waals surface area contributed by atoms with Crippen molar-refractivity contribution in [3.63, 3.8) is 0 Å². The van der Waals surface area contributed by atoms with Crippen LogP contribution in [0.2, 0.25) is 0 Å². The molecule has 0 aliphatic rings. The van der Waals surface area contributed by atoms with Crippen LogP contribution >= 0.6 is 0 Å². The van der Waals surface area contributed by atoms with Crippen LogP contribution in [0.3, 0.4) is 0 Å². The molecule has 0 fully saturated rings. The maximum Gasteiger partial charge on any atom is 0.208 e. The van der Waals surface area contributed by atoms with E-state index in [0.717, 1.165) is 12.1 Å². The van der Waals surface area contributed by atoms with Crippen molar-refractivity contribution < 1.29 is 12.8 Å². The lowest BCUT2D eigenvalue weighted by molar-refractivity contribution is 0.482. The Labute approximate surface area is 112 Å². The summed E-state index contributed by atoms with van der Waals surface area (Å²) in [6, 6.07) is 6.57. The Bertz CT molecular complexity index is 645. The monoisotopic (exact) mass is 280 g/mol. The fourth-order valence-electron chi connectivity index (χ4n) is 1.62. The van der Waals surface area contributed by atoms with E-state index in [1.54, 1.807) is 30.5 Å². The summed E-state index contributed by atoms with van der Waals surface area (Å²) in [6.07, 6.45) is 2.83. The Hall–Kier alpha value is -1.66. The van der Waals surface area contributed by atoms with Crippen molar-refractivity contribution in [2.45, 2.75) is 18.4 Å². The Morgan fingerprint density at radius 1 is 1.26 bits per heavy atom. The highest BCUT2D eigenvalue weighted by atomic mass is 32.2. The number of oxazole rings is 1. The largest absolute Gasteiger partial charge is 0.439 e. The van der Waals surface area contributed by atoms with E-state index in [0.29, 0.717) is 23.1 Å². The number of benzene rings is 1. The van der Waals surface area contributed by atoms with Crippen molar-refractivity contribution in [1.82, 2.24) is 10.3 Å². The molecule has 0 saturated heterocycles. The Kier molecular flexibility index (Phi) is 4.01. The molecular weight excluding hydrogens is 264 g/mol. The number of nitrogens with one attached hydrogen (secondary N) is 1. The van der Waals surface area contributed by atoms with Gasteiger partial charge in [0.25, 0.3) is 0 Å². The minimum atomic E-state index is -3.16. The molecule has 5 nitrogen and oxygen atoms in total. The average molecular weight is 280 g/mol. The van der Waals surface area contributed by atoms with Crippen LogP contribution in [0, 0.1) is 0 Å². The quantitative estimate of drug-likeness (QED) is 0.905. The lowest BCUT2D eigenvalue weighted by atomic mass is 10.2. The topological polar surface area (TPSA) is 72.2 Å². The first-order valence-corrected chi connectivity index (χ1v) is 7.85. The molecule has 19 heavy (non-hydrogen) atoms. The Morgan fingerprint density at radius 3 is 2.53 bits per heavy atom. The average Bonchev–Trinajstić information content (AvgIpc) is 2.84. The van der Waals surface area contributed by atoms with Gasteiger partial charge in [-0.2, -0.15) is 0 Å². The lowest BCUT2D eigenvalue weighted by Gasteiger charge is -2.00. The molecular formula is C13H16N2O3S. The SMILES string of the molecule is CCNCc1ncc(-c2ccc(S(C)(=O)=O)cc2)o1. The van der Waals surface area contributed by atoms with Crippen LogP contribution < -0.4 is 5.32 Å². The third kappa shape index (κ3) is 3.42.